The fraction of sp³-hybridized carbons (Fsp3) is 0.857. The van der Waals surface area contributed by atoms with E-state index in [1.165, 1.54) is 0 Å². The van der Waals surface area contributed by atoms with E-state index in [1.54, 1.807) is 11.9 Å². The van der Waals surface area contributed by atoms with Crippen molar-refractivity contribution >= 4 is 6.03 Å². The average Bonchev–Trinajstić information content (AvgIpc) is 2.81. The van der Waals surface area contributed by atoms with Crippen LogP contribution in [0.15, 0.2) is 0 Å². The van der Waals surface area contributed by atoms with E-state index >= 15 is 0 Å². The van der Waals surface area contributed by atoms with Gasteiger partial charge in [0.25, 0.3) is 0 Å². The summed E-state index contributed by atoms with van der Waals surface area (Å²) >= 11 is 0. The fourth-order valence-corrected chi connectivity index (χ4v) is 1.09. The standard InChI is InChI=1S/C7H14N2O2/c1-8-7(11)9(4-5-10)6-2-3-6/h6,10H,2-5H2,1H3,(H,8,11). The summed E-state index contributed by atoms with van der Waals surface area (Å²) in [6.07, 6.45) is 2.15. The average molecular weight is 158 g/mol. The van der Waals surface area contributed by atoms with E-state index in [4.69, 9.17) is 5.11 Å². The lowest BCUT2D eigenvalue weighted by molar-refractivity contribution is 0.175. The van der Waals surface area contributed by atoms with Crippen LogP contribution in [0.3, 0.4) is 0 Å². The van der Waals surface area contributed by atoms with Crippen molar-refractivity contribution in [1.82, 2.24) is 10.2 Å². The van der Waals surface area contributed by atoms with Crippen molar-refractivity contribution in [1.29, 1.82) is 0 Å². The molecule has 0 aromatic heterocycles. The van der Waals surface area contributed by atoms with Crippen molar-refractivity contribution in [2.75, 3.05) is 20.2 Å². The first-order chi connectivity index (χ1) is 5.29. The van der Waals surface area contributed by atoms with E-state index in [1.807, 2.05) is 0 Å². The maximum Gasteiger partial charge on any atom is 0.317 e. The lowest BCUT2D eigenvalue weighted by atomic mass is 10.5. The molecule has 0 radical (unpaired) electrons. The predicted octanol–water partition coefficient (Wildman–Crippen LogP) is -0.218. The van der Waals surface area contributed by atoms with Gasteiger partial charge >= 0.3 is 6.03 Å². The number of urea groups is 1. The molecule has 1 rings (SSSR count). The van der Waals surface area contributed by atoms with Crippen molar-refractivity contribution in [2.24, 2.45) is 0 Å². The molecule has 0 bridgehead atoms. The summed E-state index contributed by atoms with van der Waals surface area (Å²) in [5.74, 6) is 0. The molecule has 0 spiro atoms. The molecule has 0 aromatic carbocycles. The quantitative estimate of drug-likeness (QED) is 0.596. The number of carbonyl (C=O) groups is 1. The van der Waals surface area contributed by atoms with E-state index in [-0.39, 0.29) is 12.6 Å². The molecule has 1 saturated carbocycles. The minimum absolute atomic E-state index is 0.0456. The van der Waals surface area contributed by atoms with Gasteiger partial charge in [-0.05, 0) is 12.8 Å². The van der Waals surface area contributed by atoms with Crippen LogP contribution < -0.4 is 5.32 Å². The molecule has 0 atom stereocenters. The molecule has 0 aliphatic heterocycles. The van der Waals surface area contributed by atoms with Gasteiger partial charge in [-0.2, -0.15) is 0 Å². The van der Waals surface area contributed by atoms with Crippen LogP contribution in [0.5, 0.6) is 0 Å². The van der Waals surface area contributed by atoms with Gasteiger partial charge in [-0.25, -0.2) is 4.79 Å². The number of amides is 2. The first kappa shape index (κ1) is 8.33. The zero-order valence-corrected chi connectivity index (χ0v) is 6.71. The van der Waals surface area contributed by atoms with Crippen molar-refractivity contribution < 1.29 is 9.90 Å². The van der Waals surface area contributed by atoms with Crippen LogP contribution in [0.1, 0.15) is 12.8 Å². The Morgan fingerprint density at radius 2 is 2.36 bits per heavy atom. The van der Waals surface area contributed by atoms with E-state index in [0.717, 1.165) is 12.8 Å². The van der Waals surface area contributed by atoms with E-state index in [9.17, 15) is 4.79 Å². The van der Waals surface area contributed by atoms with Gasteiger partial charge < -0.3 is 15.3 Å². The van der Waals surface area contributed by atoms with Crippen LogP contribution in [0, 0.1) is 0 Å². The van der Waals surface area contributed by atoms with Gasteiger partial charge in [-0.3, -0.25) is 0 Å². The summed E-state index contributed by atoms with van der Waals surface area (Å²) in [4.78, 5) is 12.8. The van der Waals surface area contributed by atoms with Crippen LogP contribution in [-0.2, 0) is 0 Å². The summed E-state index contributed by atoms with van der Waals surface area (Å²) in [6, 6.07) is 0.295. The highest BCUT2D eigenvalue weighted by Gasteiger charge is 2.31. The molecule has 4 nitrogen and oxygen atoms in total. The number of hydrogen-bond acceptors (Lipinski definition) is 2. The first-order valence-electron chi connectivity index (χ1n) is 3.88. The van der Waals surface area contributed by atoms with Gasteiger partial charge in [-0.1, -0.05) is 0 Å². The second-order valence-corrected chi connectivity index (χ2v) is 2.70. The molecule has 0 heterocycles. The molecule has 0 unspecified atom stereocenters. The lowest BCUT2D eigenvalue weighted by Crippen LogP contribution is -2.41. The number of aliphatic hydroxyl groups is 1. The Morgan fingerprint density at radius 3 is 2.73 bits per heavy atom. The fourth-order valence-electron chi connectivity index (χ4n) is 1.09. The second kappa shape index (κ2) is 3.57. The monoisotopic (exact) mass is 158 g/mol. The molecule has 4 heteroatoms. The van der Waals surface area contributed by atoms with Crippen LogP contribution in [-0.4, -0.2) is 42.3 Å². The lowest BCUT2D eigenvalue weighted by Gasteiger charge is -2.20. The largest absolute Gasteiger partial charge is 0.395 e. The third-order valence-corrected chi connectivity index (χ3v) is 1.80. The minimum Gasteiger partial charge on any atom is -0.395 e. The molecular formula is C7H14N2O2. The maximum atomic E-state index is 11.1. The van der Waals surface area contributed by atoms with Crippen molar-refractivity contribution in [3.8, 4) is 0 Å². The molecule has 0 aromatic rings. The number of aliphatic hydroxyl groups excluding tert-OH is 1. The number of nitrogens with zero attached hydrogens (tertiary/aromatic N) is 1. The molecule has 11 heavy (non-hydrogen) atoms. The van der Waals surface area contributed by atoms with Crippen LogP contribution in [0.2, 0.25) is 0 Å². The smallest absolute Gasteiger partial charge is 0.317 e. The Labute approximate surface area is 66.2 Å². The molecule has 0 saturated heterocycles. The van der Waals surface area contributed by atoms with Crippen molar-refractivity contribution in [3.63, 3.8) is 0 Å². The first-order valence-corrected chi connectivity index (χ1v) is 3.88. The molecule has 64 valence electrons. The topological polar surface area (TPSA) is 52.6 Å². The number of rotatable bonds is 3. The van der Waals surface area contributed by atoms with Crippen molar-refractivity contribution in [2.45, 2.75) is 18.9 Å². The number of nitrogens with one attached hydrogen (secondary N) is 1. The highest BCUT2D eigenvalue weighted by atomic mass is 16.3. The molecule has 1 fully saturated rings. The van der Waals surface area contributed by atoms with Crippen molar-refractivity contribution in [3.05, 3.63) is 0 Å². The Balaban J connectivity index is 2.37. The molecule has 1 aliphatic rings. The Bertz CT molecular complexity index is 145. The van der Waals surface area contributed by atoms with Crippen LogP contribution >= 0.6 is 0 Å². The third-order valence-electron chi connectivity index (χ3n) is 1.80. The van der Waals surface area contributed by atoms with Crippen LogP contribution in [0.25, 0.3) is 0 Å². The van der Waals surface area contributed by atoms with Gasteiger partial charge in [0.15, 0.2) is 0 Å². The molecule has 2 amide bonds. The van der Waals surface area contributed by atoms with Gasteiger partial charge in [0.1, 0.15) is 0 Å². The predicted molar refractivity (Wildman–Crippen MR) is 41.3 cm³/mol. The summed E-state index contributed by atoms with van der Waals surface area (Å²) in [5, 5.41) is 11.2. The minimum atomic E-state index is -0.0819. The zero-order valence-electron chi connectivity index (χ0n) is 6.71. The van der Waals surface area contributed by atoms with E-state index in [0.29, 0.717) is 12.6 Å². The Morgan fingerprint density at radius 1 is 1.73 bits per heavy atom. The van der Waals surface area contributed by atoms with Gasteiger partial charge in [0, 0.05) is 19.6 Å². The Kier molecular flexibility index (Phi) is 2.70. The van der Waals surface area contributed by atoms with Crippen LogP contribution in [0.4, 0.5) is 4.79 Å². The molecule has 1 aliphatic carbocycles. The van der Waals surface area contributed by atoms with Gasteiger partial charge in [0.05, 0.1) is 6.61 Å². The summed E-state index contributed by atoms with van der Waals surface area (Å²) in [6.45, 7) is 0.494. The highest BCUT2D eigenvalue weighted by Crippen LogP contribution is 2.26. The summed E-state index contributed by atoms with van der Waals surface area (Å²) < 4.78 is 0. The molecular weight excluding hydrogens is 144 g/mol. The molecule has 2 N–H and O–H groups in total. The maximum absolute atomic E-state index is 11.1. The Hall–Kier alpha value is -0.770. The highest BCUT2D eigenvalue weighted by molar-refractivity contribution is 5.74. The van der Waals surface area contributed by atoms with E-state index < -0.39 is 0 Å². The number of hydrogen-bond donors (Lipinski definition) is 2. The second-order valence-electron chi connectivity index (χ2n) is 2.70. The summed E-state index contributed by atoms with van der Waals surface area (Å²) in [7, 11) is 1.61. The normalized spacial score (nSPS) is 16.2. The van der Waals surface area contributed by atoms with Gasteiger partial charge in [0.2, 0.25) is 0 Å². The number of carbonyl (C=O) groups excluding carboxylic acids is 1. The van der Waals surface area contributed by atoms with E-state index in [2.05, 4.69) is 5.32 Å². The summed E-state index contributed by atoms with van der Waals surface area (Å²) in [5.41, 5.74) is 0. The SMILES string of the molecule is CNC(=O)N(CCO)C1CC1. The zero-order chi connectivity index (χ0) is 8.27. The van der Waals surface area contributed by atoms with Gasteiger partial charge in [-0.15, -0.1) is 0 Å². The third kappa shape index (κ3) is 2.08.